The molecule has 1 aromatic rings. The number of hydrogen-bond acceptors (Lipinski definition) is 19. The van der Waals surface area contributed by atoms with Crippen LogP contribution in [0.15, 0.2) is 30.3 Å². The van der Waals surface area contributed by atoms with Gasteiger partial charge in [0.05, 0.1) is 24.3 Å². The minimum Gasteiger partial charge on any atom is -0.391 e. The fraction of sp³-hybridized carbons (Fsp3) is 0.707. The minimum atomic E-state index is -1.63. The number of ketones is 4. The number of amides is 7. The Kier molecular flexibility index (Phi) is 35.4. The van der Waals surface area contributed by atoms with Crippen LogP contribution in [-0.4, -0.2) is 176 Å². The number of hydrogen-bond donors (Lipinski definition) is 14. The smallest absolute Gasteiger partial charge is 0.245 e. The monoisotopic (exact) mass is 1190 g/mol. The van der Waals surface area contributed by atoms with E-state index in [9.17, 15) is 63.0 Å². The van der Waals surface area contributed by atoms with Gasteiger partial charge in [0.1, 0.15) is 30.0 Å². The van der Waals surface area contributed by atoms with Crippen molar-refractivity contribution < 1.29 is 67.7 Å². The van der Waals surface area contributed by atoms with Crippen molar-refractivity contribution in [2.75, 3.05) is 53.0 Å². The van der Waals surface area contributed by atoms with Crippen molar-refractivity contribution in [2.45, 2.75) is 179 Å². The van der Waals surface area contributed by atoms with Gasteiger partial charge in [0.25, 0.3) is 0 Å². The number of aliphatic hydroxyl groups is 2. The second kappa shape index (κ2) is 40.2. The highest BCUT2D eigenvalue weighted by Gasteiger charge is 2.38. The lowest BCUT2D eigenvalue weighted by molar-refractivity contribution is -0.137. The van der Waals surface area contributed by atoms with Crippen LogP contribution in [0.1, 0.15) is 130 Å². The molecule has 1 saturated heterocycles. The lowest BCUT2D eigenvalue weighted by Crippen LogP contribution is -2.56. The first-order valence-electron chi connectivity index (χ1n) is 29.5. The van der Waals surface area contributed by atoms with Crippen LogP contribution < -0.4 is 65.9 Å². The van der Waals surface area contributed by atoms with Crippen molar-refractivity contribution in [3.8, 4) is 0 Å². The molecule has 26 nitrogen and oxygen atoms in total. The third kappa shape index (κ3) is 26.8. The van der Waals surface area contributed by atoms with Gasteiger partial charge in [-0.3, -0.25) is 52.7 Å². The van der Waals surface area contributed by atoms with Gasteiger partial charge in [0, 0.05) is 76.0 Å². The first-order valence-corrected chi connectivity index (χ1v) is 29.5. The molecule has 0 saturated carbocycles. The molecule has 0 aliphatic carbocycles. The van der Waals surface area contributed by atoms with Crippen LogP contribution in [0.5, 0.6) is 0 Å². The van der Waals surface area contributed by atoms with E-state index in [1.165, 1.54) is 13.8 Å². The first kappa shape index (κ1) is 74.0. The number of carbonyl (C=O) groups is 11. The lowest BCUT2D eigenvalue weighted by Gasteiger charge is -2.28. The van der Waals surface area contributed by atoms with Crippen molar-refractivity contribution in [2.24, 2.45) is 58.3 Å². The van der Waals surface area contributed by atoms with Crippen LogP contribution in [0.3, 0.4) is 0 Å². The van der Waals surface area contributed by atoms with Crippen LogP contribution in [-0.2, 0) is 63.9 Å². The Morgan fingerprint density at radius 1 is 0.643 bits per heavy atom. The zero-order valence-electron chi connectivity index (χ0n) is 49.8. The number of benzene rings is 1. The predicted octanol–water partition coefficient (Wildman–Crippen LogP) is -2.28. The molecule has 12 atom stereocenters. The number of rotatable bonds is 31. The van der Waals surface area contributed by atoms with Gasteiger partial charge in [-0.1, -0.05) is 50.6 Å². The second-order valence-electron chi connectivity index (χ2n) is 22.3. The third-order valence-electron chi connectivity index (χ3n) is 14.7. The SMILES string of the molecule is COCCCCCC(=O)C[C@@H](CCN)C(=O)N[C@H](C(=O)C[C@@H](CCN)C(=O)N[C@H]1CCNC(=O)[C@H]([C@@H](C)O)NC(=O)[C@H](CCN)CC(=O)[C@H](CCN)NC(=O)[C@H](CC(C)C)NC(=O)[C@@H](Cc2ccccc2)CC(=O)[C@H](CCN)NC1=O)[C@@H](C)O. The molecule has 1 aliphatic rings. The van der Waals surface area contributed by atoms with E-state index in [0.717, 1.165) is 12.8 Å². The van der Waals surface area contributed by atoms with E-state index >= 15 is 0 Å². The highest BCUT2D eigenvalue weighted by molar-refractivity contribution is 5.99. The summed E-state index contributed by atoms with van der Waals surface area (Å²) >= 11 is 0. The zero-order valence-corrected chi connectivity index (χ0v) is 49.8. The summed E-state index contributed by atoms with van der Waals surface area (Å²) in [5.41, 5.74) is 30.2. The molecule has 19 N–H and O–H groups in total. The number of aliphatic hydroxyl groups excluding tert-OH is 2. The summed E-state index contributed by atoms with van der Waals surface area (Å²) < 4.78 is 5.06. The number of nitrogens with one attached hydrogen (secondary N) is 7. The molecule has 1 aromatic carbocycles. The summed E-state index contributed by atoms with van der Waals surface area (Å²) in [5.74, 6) is -12.6. The van der Waals surface area contributed by atoms with E-state index in [-0.39, 0.29) is 102 Å². The number of unbranched alkanes of at least 4 members (excludes halogenated alkanes) is 2. The number of carbonyl (C=O) groups excluding carboxylic acids is 11. The Hall–Kier alpha value is -6.13. The topological polar surface area (TPSA) is 452 Å². The van der Waals surface area contributed by atoms with E-state index in [1.807, 2.05) is 13.8 Å². The van der Waals surface area contributed by atoms with Crippen LogP contribution in [0.25, 0.3) is 0 Å². The quantitative estimate of drug-likeness (QED) is 0.0348. The summed E-state index contributed by atoms with van der Waals surface area (Å²) in [5, 5.41) is 40.0. The maximum atomic E-state index is 14.6. The molecule has 474 valence electrons. The number of Topliss-reactive ketones (excluding diaryl/α,β-unsaturated/α-hetero) is 4. The summed E-state index contributed by atoms with van der Waals surface area (Å²) in [6, 6.07) is 0.175. The van der Waals surface area contributed by atoms with Crippen LogP contribution in [0.2, 0.25) is 0 Å². The largest absolute Gasteiger partial charge is 0.391 e. The maximum absolute atomic E-state index is 14.6. The summed E-state index contributed by atoms with van der Waals surface area (Å²) in [6.45, 7) is 5.89. The molecule has 0 spiro atoms. The van der Waals surface area contributed by atoms with E-state index in [0.29, 0.717) is 18.6 Å². The highest BCUT2D eigenvalue weighted by atomic mass is 16.5. The molecule has 26 heteroatoms. The van der Waals surface area contributed by atoms with Crippen LogP contribution in [0.4, 0.5) is 0 Å². The molecule has 84 heavy (non-hydrogen) atoms. The molecule has 0 aromatic heterocycles. The Labute approximate surface area is 493 Å². The molecule has 0 radical (unpaired) electrons. The standard InChI is InChI=1S/C58H98N12O14/c1-34(2)28-46-57(82)66-43(18-24-62)47(74)31-39(16-22-60)54(79)70-51(36(4)72)58(83)64-26-20-45(56(81)65-44(19-25-63)48(75)33-41(55(80)68-46)29-37-12-8-6-9-13-37)67-52(77)40(17-23-61)32-49(76)50(35(3)71)69-53(78)38(15-21-59)30-42(73)14-10-7-11-27-84-5/h6,8-9,12-13,34-36,38-41,43-46,50-51,71-72H,7,10-11,14-33,59-63H2,1-5H3,(H,64,83)(H,65,81)(H,66,82)(H,67,77)(H,68,80)(H,69,78)(H,70,79)/t35-,36-,38-,39-,40-,41+,43+,44+,45+,46+,50+,51+/m1/s1. The van der Waals surface area contributed by atoms with Crippen LogP contribution in [0, 0.1) is 29.6 Å². The summed E-state index contributed by atoms with van der Waals surface area (Å²) in [4.78, 5) is 155. The van der Waals surface area contributed by atoms with Gasteiger partial charge in [-0.25, -0.2) is 0 Å². The third-order valence-corrected chi connectivity index (χ3v) is 14.7. The predicted molar refractivity (Wildman–Crippen MR) is 313 cm³/mol. The number of methoxy groups -OCH3 is 1. The fourth-order valence-corrected chi connectivity index (χ4v) is 9.92. The van der Waals surface area contributed by atoms with E-state index in [4.69, 9.17) is 33.4 Å². The van der Waals surface area contributed by atoms with Gasteiger partial charge in [-0.15, -0.1) is 0 Å². The molecular formula is C58H98N12O14. The van der Waals surface area contributed by atoms with Gasteiger partial charge >= 0.3 is 0 Å². The molecular weight excluding hydrogens is 1090 g/mol. The number of ether oxygens (including phenoxy) is 1. The molecule has 1 aliphatic heterocycles. The lowest BCUT2D eigenvalue weighted by atomic mass is 9.89. The minimum absolute atomic E-state index is 0.00721. The molecule has 1 fully saturated rings. The Morgan fingerprint density at radius 2 is 1.20 bits per heavy atom. The van der Waals surface area contributed by atoms with Gasteiger partial charge in [0.2, 0.25) is 41.4 Å². The molecule has 0 unspecified atom stereocenters. The van der Waals surface area contributed by atoms with Gasteiger partial charge < -0.3 is 80.8 Å². The van der Waals surface area contributed by atoms with Gasteiger partial charge in [-0.2, -0.15) is 0 Å². The second-order valence-corrected chi connectivity index (χ2v) is 22.3. The van der Waals surface area contributed by atoms with Crippen molar-refractivity contribution in [1.29, 1.82) is 0 Å². The van der Waals surface area contributed by atoms with Crippen LogP contribution >= 0.6 is 0 Å². The molecule has 0 bridgehead atoms. The van der Waals surface area contributed by atoms with Gasteiger partial charge in [0.15, 0.2) is 17.3 Å². The van der Waals surface area contributed by atoms with E-state index in [2.05, 4.69) is 37.2 Å². The van der Waals surface area contributed by atoms with E-state index < -0.39 is 163 Å². The number of nitrogens with two attached hydrogens (primary N) is 5. The zero-order chi connectivity index (χ0) is 62.9. The Morgan fingerprint density at radius 3 is 1.75 bits per heavy atom. The Balaban J connectivity index is 2.68. The van der Waals surface area contributed by atoms with Crippen molar-refractivity contribution in [1.82, 2.24) is 37.2 Å². The maximum Gasteiger partial charge on any atom is 0.245 e. The molecule has 2 rings (SSSR count). The first-order chi connectivity index (χ1) is 39.9. The summed E-state index contributed by atoms with van der Waals surface area (Å²) in [7, 11) is 1.58. The van der Waals surface area contributed by atoms with E-state index in [1.54, 1.807) is 37.4 Å². The summed E-state index contributed by atoms with van der Waals surface area (Å²) in [6.07, 6.45) is -2.99. The average molecular weight is 1190 g/mol. The van der Waals surface area contributed by atoms with Crippen molar-refractivity contribution in [3.05, 3.63) is 35.9 Å². The fourth-order valence-electron chi connectivity index (χ4n) is 9.92. The molecule has 7 amide bonds. The molecule has 1 heterocycles. The van der Waals surface area contributed by atoms with Crippen molar-refractivity contribution >= 4 is 64.5 Å². The average Bonchev–Trinajstić information content (AvgIpc) is 3.44. The Bertz CT molecular complexity index is 2270. The normalized spacial score (nSPS) is 22.9. The van der Waals surface area contributed by atoms with Gasteiger partial charge in [-0.05, 0) is 122 Å². The highest BCUT2D eigenvalue weighted by Crippen LogP contribution is 2.21. The van der Waals surface area contributed by atoms with Crippen molar-refractivity contribution in [3.63, 3.8) is 0 Å².